The molecule has 0 saturated carbocycles. The van der Waals surface area contributed by atoms with Gasteiger partial charge in [-0.1, -0.05) is 60.5 Å². The van der Waals surface area contributed by atoms with Crippen LogP contribution in [0.1, 0.15) is 31.0 Å². The lowest BCUT2D eigenvalue weighted by molar-refractivity contribution is 0.467. The Hall–Kier alpha value is -4.68. The summed E-state index contributed by atoms with van der Waals surface area (Å²) in [6.07, 6.45) is 1.85. The summed E-state index contributed by atoms with van der Waals surface area (Å²) in [4.78, 5) is 40.1. The van der Waals surface area contributed by atoms with Crippen LogP contribution >= 0.6 is 0 Å². The number of nitrogens with two attached hydrogens (primary N) is 1. The van der Waals surface area contributed by atoms with E-state index < -0.39 is 0 Å². The second-order valence-corrected chi connectivity index (χ2v) is 10.2. The molecule has 4 heterocycles. The zero-order chi connectivity index (χ0) is 27.6. The average Bonchev–Trinajstić information content (AvgIpc) is 3.37. The van der Waals surface area contributed by atoms with E-state index in [9.17, 15) is 9.59 Å². The van der Waals surface area contributed by atoms with Crippen LogP contribution in [0.5, 0.6) is 0 Å². The number of rotatable bonds is 6. The third kappa shape index (κ3) is 4.78. The summed E-state index contributed by atoms with van der Waals surface area (Å²) < 4.78 is 4.77. The summed E-state index contributed by atoms with van der Waals surface area (Å²) in [5, 5.41) is 1.01. The molecule has 9 heteroatoms. The number of hydrogen-bond donors (Lipinski definition) is 1. The van der Waals surface area contributed by atoms with Crippen molar-refractivity contribution in [2.75, 3.05) is 18.0 Å². The fourth-order valence-electron chi connectivity index (χ4n) is 5.43. The van der Waals surface area contributed by atoms with E-state index in [4.69, 9.17) is 15.7 Å². The van der Waals surface area contributed by atoms with E-state index in [1.165, 1.54) is 9.36 Å². The third-order valence-electron chi connectivity index (χ3n) is 7.41. The largest absolute Gasteiger partial charge is 0.341 e. The van der Waals surface area contributed by atoms with Crippen molar-refractivity contribution < 1.29 is 0 Å². The quantitative estimate of drug-likeness (QED) is 0.337. The van der Waals surface area contributed by atoms with Gasteiger partial charge in [0.1, 0.15) is 5.52 Å². The predicted molar refractivity (Wildman–Crippen MR) is 158 cm³/mol. The number of hydrogen-bond acceptors (Lipinski definition) is 6. The van der Waals surface area contributed by atoms with Crippen LogP contribution in [0, 0.1) is 11.8 Å². The molecular weight excluding hydrogens is 502 g/mol. The molecule has 3 aromatic heterocycles. The average molecular weight is 534 g/mol. The van der Waals surface area contributed by atoms with Gasteiger partial charge in [0, 0.05) is 24.5 Å². The summed E-state index contributed by atoms with van der Waals surface area (Å²) in [6, 6.07) is 21.4. The van der Waals surface area contributed by atoms with Crippen molar-refractivity contribution in [2.45, 2.75) is 45.4 Å². The van der Waals surface area contributed by atoms with Crippen LogP contribution in [0.4, 0.5) is 5.95 Å². The Kier molecular flexibility index (Phi) is 6.93. The van der Waals surface area contributed by atoms with Gasteiger partial charge in [-0.25, -0.2) is 14.3 Å². The minimum Gasteiger partial charge on any atom is -0.341 e. The lowest BCUT2D eigenvalue weighted by atomic mass is 10.1. The second kappa shape index (κ2) is 10.8. The highest BCUT2D eigenvalue weighted by molar-refractivity contribution is 5.79. The van der Waals surface area contributed by atoms with E-state index in [-0.39, 0.29) is 47.8 Å². The van der Waals surface area contributed by atoms with Crippen LogP contribution in [0.2, 0.25) is 0 Å². The molecule has 0 aliphatic carbocycles. The van der Waals surface area contributed by atoms with Gasteiger partial charge in [-0.15, -0.1) is 5.92 Å². The molecule has 9 nitrogen and oxygen atoms in total. The first kappa shape index (κ1) is 25.6. The van der Waals surface area contributed by atoms with E-state index in [2.05, 4.69) is 16.7 Å². The van der Waals surface area contributed by atoms with Crippen LogP contribution in [0.25, 0.3) is 21.9 Å². The normalized spacial score (nSPS) is 15.3. The number of para-hydroxylation sites is 1. The van der Waals surface area contributed by atoms with Gasteiger partial charge >= 0.3 is 0 Å². The van der Waals surface area contributed by atoms with Crippen molar-refractivity contribution in [3.05, 3.63) is 98.7 Å². The van der Waals surface area contributed by atoms with E-state index in [1.807, 2.05) is 66.7 Å². The molecule has 2 aromatic carbocycles. The monoisotopic (exact) mass is 533 g/mol. The molecule has 1 aliphatic heterocycles. The fraction of sp³-hybridized carbons (Fsp3) is 0.290. The molecule has 0 amide bonds. The van der Waals surface area contributed by atoms with Gasteiger partial charge in [-0.2, -0.15) is 0 Å². The second-order valence-electron chi connectivity index (χ2n) is 10.2. The van der Waals surface area contributed by atoms with Gasteiger partial charge in [0.05, 0.1) is 30.8 Å². The molecule has 40 heavy (non-hydrogen) atoms. The van der Waals surface area contributed by atoms with Gasteiger partial charge in [-0.05, 0) is 37.5 Å². The molecule has 1 atom stereocenters. The number of imidazole rings is 1. The summed E-state index contributed by atoms with van der Waals surface area (Å²) >= 11 is 0. The van der Waals surface area contributed by atoms with E-state index in [0.29, 0.717) is 18.2 Å². The minimum absolute atomic E-state index is 0.00430. The molecule has 0 spiro atoms. The minimum atomic E-state index is -0.329. The SMILES string of the molecule is CC#CCn1c(N2CCC[C@@H](N)C2)nc2c(=O)n(Cc3ccccc3)n(Cc3ccc4ccccc4n3)c(=O)c21. The highest BCUT2D eigenvalue weighted by Crippen LogP contribution is 2.22. The molecule has 1 fully saturated rings. The molecule has 1 aliphatic rings. The summed E-state index contributed by atoms with van der Waals surface area (Å²) in [6.45, 7) is 3.73. The first-order valence-electron chi connectivity index (χ1n) is 13.6. The maximum Gasteiger partial charge on any atom is 0.293 e. The van der Waals surface area contributed by atoms with Crippen molar-refractivity contribution in [3.63, 3.8) is 0 Å². The number of aromatic nitrogens is 5. The maximum absolute atomic E-state index is 14.3. The summed E-state index contributed by atoms with van der Waals surface area (Å²) in [5.41, 5.74) is 8.47. The molecule has 2 N–H and O–H groups in total. The maximum atomic E-state index is 14.3. The molecule has 0 radical (unpaired) electrons. The predicted octanol–water partition coefficient (Wildman–Crippen LogP) is 2.96. The van der Waals surface area contributed by atoms with Gasteiger partial charge < -0.3 is 10.6 Å². The van der Waals surface area contributed by atoms with Crippen LogP contribution < -0.4 is 21.8 Å². The van der Waals surface area contributed by atoms with Gasteiger partial charge in [0.2, 0.25) is 5.95 Å². The van der Waals surface area contributed by atoms with Crippen molar-refractivity contribution in [2.24, 2.45) is 5.73 Å². The fourth-order valence-corrected chi connectivity index (χ4v) is 5.43. The first-order chi connectivity index (χ1) is 19.5. The Morgan fingerprint density at radius 3 is 2.50 bits per heavy atom. The Morgan fingerprint density at radius 2 is 1.70 bits per heavy atom. The number of anilines is 1. The van der Waals surface area contributed by atoms with Crippen molar-refractivity contribution in [3.8, 4) is 11.8 Å². The Bertz CT molecular complexity index is 1880. The zero-order valence-corrected chi connectivity index (χ0v) is 22.5. The van der Waals surface area contributed by atoms with Gasteiger partial charge in [-0.3, -0.25) is 19.1 Å². The Balaban J connectivity index is 1.57. The number of fused-ring (bicyclic) bond motifs is 2. The van der Waals surface area contributed by atoms with E-state index >= 15 is 0 Å². The molecule has 1 saturated heterocycles. The summed E-state index contributed by atoms with van der Waals surface area (Å²) in [7, 11) is 0. The molecule has 202 valence electrons. The molecule has 5 aromatic rings. The highest BCUT2D eigenvalue weighted by atomic mass is 16.2. The van der Waals surface area contributed by atoms with E-state index in [0.717, 1.165) is 35.9 Å². The van der Waals surface area contributed by atoms with Gasteiger partial charge in [0.15, 0.2) is 5.52 Å². The van der Waals surface area contributed by atoms with Crippen LogP contribution in [0.3, 0.4) is 0 Å². The standard InChI is InChI=1S/C31H31N7O2/c1-2-3-18-36-28-27(34-31(36)35-17-9-13-24(32)20-35)29(39)37(19-22-10-5-4-6-11-22)38(30(28)40)21-25-16-15-23-12-7-8-14-26(23)33-25/h4-8,10-12,14-16,24H,9,13,17-21,32H2,1H3/t24-/m1/s1. The van der Waals surface area contributed by atoms with Crippen molar-refractivity contribution in [1.29, 1.82) is 0 Å². The molecule has 6 rings (SSSR count). The first-order valence-corrected chi connectivity index (χ1v) is 13.6. The molecular formula is C31H31N7O2. The Labute approximate surface area is 231 Å². The zero-order valence-electron chi connectivity index (χ0n) is 22.5. The summed E-state index contributed by atoms with van der Waals surface area (Å²) in [5.74, 6) is 6.55. The number of nitrogens with zero attached hydrogens (tertiary/aromatic N) is 6. The van der Waals surface area contributed by atoms with E-state index in [1.54, 1.807) is 11.5 Å². The topological polar surface area (TPSA) is 104 Å². The third-order valence-corrected chi connectivity index (χ3v) is 7.41. The van der Waals surface area contributed by atoms with Crippen molar-refractivity contribution in [1.82, 2.24) is 23.9 Å². The smallest absolute Gasteiger partial charge is 0.293 e. The molecule has 0 bridgehead atoms. The van der Waals surface area contributed by atoms with Crippen LogP contribution in [0.15, 0.2) is 76.3 Å². The lowest BCUT2D eigenvalue weighted by Gasteiger charge is -2.31. The number of piperidine rings is 1. The number of pyridine rings is 1. The van der Waals surface area contributed by atoms with Crippen molar-refractivity contribution >= 4 is 27.9 Å². The van der Waals surface area contributed by atoms with Crippen LogP contribution in [-0.4, -0.2) is 43.0 Å². The van der Waals surface area contributed by atoms with Gasteiger partial charge in [0.25, 0.3) is 11.1 Å². The van der Waals surface area contributed by atoms with Crippen LogP contribution in [-0.2, 0) is 19.6 Å². The molecule has 0 unspecified atom stereocenters. The lowest BCUT2D eigenvalue weighted by Crippen LogP contribution is -2.44. The highest BCUT2D eigenvalue weighted by Gasteiger charge is 2.27. The Morgan fingerprint density at radius 1 is 0.925 bits per heavy atom. The number of benzene rings is 2.